The van der Waals surface area contributed by atoms with Crippen LogP contribution < -0.4 is 13.3 Å². The Morgan fingerprint density at radius 1 is 0.636 bits per heavy atom. The van der Waals surface area contributed by atoms with Crippen LogP contribution in [0.2, 0.25) is 58.9 Å². The summed E-state index contributed by atoms with van der Waals surface area (Å²) in [7, 11) is -5.35. The van der Waals surface area contributed by atoms with Crippen LogP contribution in [0.1, 0.15) is 5.69 Å². The molecule has 0 aliphatic heterocycles. The van der Waals surface area contributed by atoms with Gasteiger partial charge >= 0.3 is 6.01 Å². The van der Waals surface area contributed by atoms with Crippen LogP contribution in [0, 0.1) is 6.92 Å². The summed E-state index contributed by atoms with van der Waals surface area (Å²) in [6.07, 6.45) is 0. The summed E-state index contributed by atoms with van der Waals surface area (Å²) in [5.41, 5.74) is 0.777. The molecular formula is C14H30N2O3Si3. The first-order valence-electron chi connectivity index (χ1n) is 7.62. The maximum atomic E-state index is 6.16. The molecule has 126 valence electrons. The van der Waals surface area contributed by atoms with Crippen molar-refractivity contribution in [3.8, 4) is 17.6 Å². The molecule has 22 heavy (non-hydrogen) atoms. The lowest BCUT2D eigenvalue weighted by Crippen LogP contribution is -2.34. The molecule has 0 aliphatic carbocycles. The van der Waals surface area contributed by atoms with Crippen molar-refractivity contribution in [2.24, 2.45) is 0 Å². The molecule has 0 radical (unpaired) electrons. The van der Waals surface area contributed by atoms with Crippen molar-refractivity contribution in [1.82, 2.24) is 9.97 Å². The number of hydrogen-bond donors (Lipinski definition) is 0. The molecule has 0 unspecified atom stereocenters. The van der Waals surface area contributed by atoms with E-state index in [1.165, 1.54) is 0 Å². The highest BCUT2D eigenvalue weighted by Gasteiger charge is 2.28. The van der Waals surface area contributed by atoms with Gasteiger partial charge in [-0.2, -0.15) is 9.97 Å². The van der Waals surface area contributed by atoms with Gasteiger partial charge in [0.25, 0.3) is 0 Å². The Kier molecular flexibility index (Phi) is 5.51. The van der Waals surface area contributed by atoms with E-state index in [4.69, 9.17) is 13.3 Å². The minimum absolute atomic E-state index is 0.396. The van der Waals surface area contributed by atoms with Gasteiger partial charge in [-0.05, 0) is 65.8 Å². The molecule has 0 atom stereocenters. The zero-order chi connectivity index (χ0) is 17.3. The molecule has 0 saturated heterocycles. The molecule has 1 heterocycles. The van der Waals surface area contributed by atoms with Crippen molar-refractivity contribution in [2.75, 3.05) is 0 Å². The van der Waals surface area contributed by atoms with E-state index in [0.717, 1.165) is 5.69 Å². The topological polar surface area (TPSA) is 53.5 Å². The van der Waals surface area contributed by atoms with Gasteiger partial charge in [0, 0.05) is 0 Å². The molecule has 0 bridgehead atoms. The van der Waals surface area contributed by atoms with Gasteiger partial charge in [0.1, 0.15) is 0 Å². The molecule has 5 nitrogen and oxygen atoms in total. The predicted octanol–water partition coefficient (Wildman–Crippen LogP) is 4.43. The number of nitrogens with zero attached hydrogens (tertiary/aromatic N) is 2. The van der Waals surface area contributed by atoms with Crippen LogP contribution in [0.4, 0.5) is 0 Å². The van der Waals surface area contributed by atoms with Crippen molar-refractivity contribution in [3.05, 3.63) is 5.69 Å². The molecule has 1 aromatic heterocycles. The average Bonchev–Trinajstić information content (AvgIpc) is 2.17. The van der Waals surface area contributed by atoms with Crippen molar-refractivity contribution in [1.29, 1.82) is 0 Å². The fraction of sp³-hybridized carbons (Fsp3) is 0.714. The van der Waals surface area contributed by atoms with Crippen molar-refractivity contribution in [2.45, 2.75) is 65.8 Å². The third kappa shape index (κ3) is 6.93. The van der Waals surface area contributed by atoms with Crippen LogP contribution >= 0.6 is 0 Å². The molecule has 0 fully saturated rings. The second kappa shape index (κ2) is 6.32. The van der Waals surface area contributed by atoms with E-state index in [9.17, 15) is 0 Å². The quantitative estimate of drug-likeness (QED) is 0.704. The van der Waals surface area contributed by atoms with Crippen LogP contribution in [-0.4, -0.2) is 34.9 Å². The molecule has 8 heteroatoms. The van der Waals surface area contributed by atoms with E-state index >= 15 is 0 Å². The summed E-state index contributed by atoms with van der Waals surface area (Å²) < 4.78 is 18.2. The van der Waals surface area contributed by atoms with Gasteiger partial charge in [-0.25, -0.2) is 0 Å². The van der Waals surface area contributed by atoms with Gasteiger partial charge in [0.05, 0.1) is 5.69 Å². The number of hydrogen-bond acceptors (Lipinski definition) is 5. The van der Waals surface area contributed by atoms with E-state index in [2.05, 4.69) is 68.9 Å². The van der Waals surface area contributed by atoms with Crippen LogP contribution in [-0.2, 0) is 0 Å². The van der Waals surface area contributed by atoms with Gasteiger partial charge < -0.3 is 13.3 Å². The first kappa shape index (κ1) is 19.2. The SMILES string of the molecule is Cc1nc(O[Si](C)(C)C)nc(O[Si](C)(C)C)c1O[Si](C)(C)C. The number of aromatic nitrogens is 2. The average molecular weight is 359 g/mol. The van der Waals surface area contributed by atoms with Gasteiger partial charge in [-0.3, -0.25) is 0 Å². The first-order chi connectivity index (χ1) is 9.66. The number of rotatable bonds is 6. The molecule has 0 amide bonds. The maximum Gasteiger partial charge on any atom is 0.306 e. The minimum atomic E-state index is -1.81. The number of aryl methyl sites for hydroxylation is 1. The first-order valence-corrected chi connectivity index (χ1v) is 17.8. The van der Waals surface area contributed by atoms with Gasteiger partial charge in [-0.15, -0.1) is 0 Å². The Labute approximate surface area is 137 Å². The summed E-state index contributed by atoms with van der Waals surface area (Å²) in [6.45, 7) is 21.0. The summed E-state index contributed by atoms with van der Waals surface area (Å²) >= 11 is 0. The minimum Gasteiger partial charge on any atom is -0.540 e. The van der Waals surface area contributed by atoms with Gasteiger partial charge in [0.2, 0.25) is 30.8 Å². The normalized spacial score (nSPS) is 13.0. The monoisotopic (exact) mass is 358 g/mol. The third-order valence-electron chi connectivity index (χ3n) is 2.19. The standard InChI is InChI=1S/C14H30N2O3Si3/c1-11-12(17-20(2,3)4)13(18-21(5,6)7)16-14(15-11)19-22(8,9)10/h1-10H3. The summed E-state index contributed by atoms with van der Waals surface area (Å²) in [4.78, 5) is 8.97. The smallest absolute Gasteiger partial charge is 0.306 e. The second-order valence-corrected chi connectivity index (χ2v) is 21.7. The lowest BCUT2D eigenvalue weighted by Gasteiger charge is -2.27. The molecule has 1 rings (SSSR count). The van der Waals surface area contributed by atoms with Crippen LogP contribution in [0.3, 0.4) is 0 Å². The maximum absolute atomic E-state index is 6.16. The molecule has 0 spiro atoms. The molecule has 0 saturated carbocycles. The third-order valence-corrected chi connectivity index (χ3v) is 4.61. The van der Waals surface area contributed by atoms with Crippen molar-refractivity contribution < 1.29 is 13.3 Å². The van der Waals surface area contributed by atoms with E-state index in [0.29, 0.717) is 17.6 Å². The Morgan fingerprint density at radius 3 is 1.50 bits per heavy atom. The van der Waals surface area contributed by atoms with E-state index < -0.39 is 25.0 Å². The molecule has 1 aromatic rings. The van der Waals surface area contributed by atoms with Crippen molar-refractivity contribution >= 4 is 25.0 Å². The van der Waals surface area contributed by atoms with Crippen LogP contribution in [0.15, 0.2) is 0 Å². The summed E-state index contributed by atoms with van der Waals surface area (Å²) in [5.74, 6) is 1.20. The lowest BCUT2D eigenvalue weighted by molar-refractivity contribution is 0.437. The molecule has 0 aliphatic rings. The predicted molar refractivity (Wildman–Crippen MR) is 98.7 cm³/mol. The zero-order valence-electron chi connectivity index (χ0n) is 15.6. The Hall–Kier alpha value is -0.869. The van der Waals surface area contributed by atoms with E-state index in [-0.39, 0.29) is 0 Å². The Bertz CT molecular complexity index is 532. The Morgan fingerprint density at radius 2 is 1.09 bits per heavy atom. The molecule has 0 N–H and O–H groups in total. The van der Waals surface area contributed by atoms with Crippen LogP contribution in [0.5, 0.6) is 17.6 Å². The molecule has 0 aromatic carbocycles. The lowest BCUT2D eigenvalue weighted by atomic mass is 10.4. The fourth-order valence-corrected chi connectivity index (χ4v) is 3.82. The fourth-order valence-electron chi connectivity index (χ4n) is 1.61. The Balaban J connectivity index is 3.30. The van der Waals surface area contributed by atoms with Gasteiger partial charge in [0.15, 0.2) is 5.75 Å². The summed E-state index contributed by atoms with van der Waals surface area (Å²) in [6, 6.07) is 0.396. The molecular weight excluding hydrogens is 328 g/mol. The highest BCUT2D eigenvalue weighted by molar-refractivity contribution is 6.71. The largest absolute Gasteiger partial charge is 0.540 e. The van der Waals surface area contributed by atoms with Crippen LogP contribution in [0.25, 0.3) is 0 Å². The van der Waals surface area contributed by atoms with Gasteiger partial charge in [-0.1, -0.05) is 0 Å². The van der Waals surface area contributed by atoms with E-state index in [1.807, 2.05) is 6.92 Å². The summed E-state index contributed by atoms with van der Waals surface area (Å²) in [5, 5.41) is 0. The highest BCUT2D eigenvalue weighted by atomic mass is 28.4. The second-order valence-electron chi connectivity index (χ2n) is 8.37. The highest BCUT2D eigenvalue weighted by Crippen LogP contribution is 2.34. The zero-order valence-corrected chi connectivity index (χ0v) is 18.6. The van der Waals surface area contributed by atoms with Crippen molar-refractivity contribution in [3.63, 3.8) is 0 Å². The van der Waals surface area contributed by atoms with E-state index in [1.54, 1.807) is 0 Å².